The van der Waals surface area contributed by atoms with Crippen molar-refractivity contribution in [2.24, 2.45) is 0 Å². The van der Waals surface area contributed by atoms with Crippen LogP contribution in [-0.2, 0) is 16.0 Å². The van der Waals surface area contributed by atoms with E-state index >= 15 is 0 Å². The van der Waals surface area contributed by atoms with Crippen molar-refractivity contribution in [1.82, 2.24) is 4.98 Å². The van der Waals surface area contributed by atoms with Gasteiger partial charge in [0.25, 0.3) is 0 Å². The Balaban J connectivity index is 1.84. The number of benzene rings is 2. The van der Waals surface area contributed by atoms with E-state index in [0.717, 1.165) is 11.1 Å². The lowest BCUT2D eigenvalue weighted by Crippen LogP contribution is -2.23. The summed E-state index contributed by atoms with van der Waals surface area (Å²) < 4.78 is 4.73. The van der Waals surface area contributed by atoms with Gasteiger partial charge in [-0.1, -0.05) is 36.4 Å². The van der Waals surface area contributed by atoms with E-state index in [1.807, 2.05) is 42.5 Å². The molecule has 0 aliphatic carbocycles. The molecule has 0 radical (unpaired) electrons. The number of rotatable bonds is 6. The number of hydrogen-bond acceptors (Lipinski definition) is 4. The van der Waals surface area contributed by atoms with Gasteiger partial charge in [-0.2, -0.15) is 0 Å². The molecule has 0 aliphatic heterocycles. The maximum atomic E-state index is 13.0. The van der Waals surface area contributed by atoms with Crippen molar-refractivity contribution in [1.29, 1.82) is 0 Å². The third-order valence-corrected chi connectivity index (χ3v) is 4.26. The van der Waals surface area contributed by atoms with Gasteiger partial charge in [-0.05, 0) is 47.9 Å². The molecule has 0 saturated heterocycles. The summed E-state index contributed by atoms with van der Waals surface area (Å²) in [4.78, 5) is 28.8. The Morgan fingerprint density at radius 1 is 1.00 bits per heavy atom. The Bertz CT molecular complexity index is 911. The zero-order valence-corrected chi connectivity index (χ0v) is 15.0. The number of esters is 1. The van der Waals surface area contributed by atoms with Gasteiger partial charge in [0, 0.05) is 18.1 Å². The van der Waals surface area contributed by atoms with Crippen LogP contribution in [0.1, 0.15) is 27.4 Å². The van der Waals surface area contributed by atoms with E-state index in [0.29, 0.717) is 17.7 Å². The number of hydrogen-bond donors (Lipinski definition) is 1. The average Bonchev–Trinajstić information content (AvgIpc) is 2.73. The van der Waals surface area contributed by atoms with E-state index in [9.17, 15) is 9.59 Å². The summed E-state index contributed by atoms with van der Waals surface area (Å²) >= 11 is 0. The fourth-order valence-corrected chi connectivity index (χ4v) is 2.87. The third-order valence-electron chi connectivity index (χ3n) is 4.26. The van der Waals surface area contributed by atoms with Crippen LogP contribution in [0.4, 0.5) is 5.69 Å². The van der Waals surface area contributed by atoms with Crippen LogP contribution >= 0.6 is 0 Å². The predicted octanol–water partition coefficient (Wildman–Crippen LogP) is 3.83. The Labute approximate surface area is 158 Å². The summed E-state index contributed by atoms with van der Waals surface area (Å²) in [7, 11) is 1.33. The maximum Gasteiger partial charge on any atom is 0.337 e. The van der Waals surface area contributed by atoms with Crippen molar-refractivity contribution >= 4 is 17.6 Å². The highest BCUT2D eigenvalue weighted by molar-refractivity contribution is 5.97. The van der Waals surface area contributed by atoms with E-state index in [2.05, 4.69) is 10.3 Å². The van der Waals surface area contributed by atoms with Crippen molar-refractivity contribution in [2.45, 2.75) is 12.3 Å². The Morgan fingerprint density at radius 2 is 1.74 bits per heavy atom. The maximum absolute atomic E-state index is 13.0. The number of nitrogens with zero attached hydrogens (tertiary/aromatic N) is 1. The SMILES string of the molecule is COC(=O)c1cccc(NC(=O)C(Cc2ccncc2)c2ccccc2)c1. The van der Waals surface area contributed by atoms with E-state index in [4.69, 9.17) is 4.74 Å². The lowest BCUT2D eigenvalue weighted by atomic mass is 9.91. The molecular weight excluding hydrogens is 340 g/mol. The number of amides is 1. The molecule has 0 aliphatic rings. The minimum absolute atomic E-state index is 0.139. The highest BCUT2D eigenvalue weighted by Crippen LogP contribution is 2.23. The molecule has 0 bridgehead atoms. The van der Waals surface area contributed by atoms with Gasteiger partial charge in [-0.15, -0.1) is 0 Å². The summed E-state index contributed by atoms with van der Waals surface area (Å²) in [5.41, 5.74) is 2.90. The number of methoxy groups -OCH3 is 1. The second-order valence-electron chi connectivity index (χ2n) is 6.08. The van der Waals surface area contributed by atoms with Gasteiger partial charge >= 0.3 is 5.97 Å². The van der Waals surface area contributed by atoms with Gasteiger partial charge in [0.05, 0.1) is 18.6 Å². The summed E-state index contributed by atoms with van der Waals surface area (Å²) in [5, 5.41) is 2.92. The van der Waals surface area contributed by atoms with Gasteiger partial charge < -0.3 is 10.1 Å². The van der Waals surface area contributed by atoms with Gasteiger partial charge in [0.15, 0.2) is 0 Å². The molecule has 1 N–H and O–H groups in total. The number of carbonyl (C=O) groups excluding carboxylic acids is 2. The Kier molecular flexibility index (Phi) is 5.94. The number of nitrogens with one attached hydrogen (secondary N) is 1. The second kappa shape index (κ2) is 8.76. The first-order chi connectivity index (χ1) is 13.2. The van der Waals surface area contributed by atoms with Crippen LogP contribution in [-0.4, -0.2) is 24.0 Å². The molecule has 136 valence electrons. The van der Waals surface area contributed by atoms with Crippen LogP contribution in [0.5, 0.6) is 0 Å². The standard InChI is InChI=1S/C22H20N2O3/c1-27-22(26)18-8-5-9-19(15-18)24-21(25)20(17-6-3-2-4-7-17)14-16-10-12-23-13-11-16/h2-13,15,20H,14H2,1H3,(H,24,25). The van der Waals surface area contributed by atoms with Crippen LogP contribution in [0.25, 0.3) is 0 Å². The van der Waals surface area contributed by atoms with Crippen LogP contribution in [0.15, 0.2) is 79.1 Å². The van der Waals surface area contributed by atoms with Gasteiger partial charge in [0.2, 0.25) is 5.91 Å². The number of carbonyl (C=O) groups is 2. The van der Waals surface area contributed by atoms with E-state index in [-0.39, 0.29) is 11.8 Å². The normalized spacial score (nSPS) is 11.4. The molecule has 0 fully saturated rings. The predicted molar refractivity (Wildman–Crippen MR) is 104 cm³/mol. The van der Waals surface area contributed by atoms with Crippen LogP contribution in [0.3, 0.4) is 0 Å². The van der Waals surface area contributed by atoms with E-state index in [1.54, 1.807) is 36.7 Å². The molecule has 0 saturated carbocycles. The van der Waals surface area contributed by atoms with Crippen molar-refractivity contribution in [2.75, 3.05) is 12.4 Å². The molecule has 1 atom stereocenters. The number of pyridine rings is 1. The minimum atomic E-state index is -0.442. The van der Waals surface area contributed by atoms with Gasteiger partial charge in [-0.25, -0.2) is 4.79 Å². The third kappa shape index (κ3) is 4.79. The molecule has 1 heterocycles. The highest BCUT2D eigenvalue weighted by atomic mass is 16.5. The number of aromatic nitrogens is 1. The first-order valence-corrected chi connectivity index (χ1v) is 8.60. The lowest BCUT2D eigenvalue weighted by Gasteiger charge is -2.18. The first-order valence-electron chi connectivity index (χ1n) is 8.60. The largest absolute Gasteiger partial charge is 0.465 e. The minimum Gasteiger partial charge on any atom is -0.465 e. The average molecular weight is 360 g/mol. The second-order valence-corrected chi connectivity index (χ2v) is 6.08. The van der Waals surface area contributed by atoms with E-state index < -0.39 is 5.97 Å². The summed E-state index contributed by atoms with van der Waals surface area (Å²) in [5.74, 6) is -0.946. The molecule has 1 aromatic heterocycles. The van der Waals surface area contributed by atoms with Crippen LogP contribution < -0.4 is 5.32 Å². The van der Waals surface area contributed by atoms with Gasteiger partial charge in [-0.3, -0.25) is 9.78 Å². The summed E-state index contributed by atoms with van der Waals surface area (Å²) in [6.07, 6.45) is 3.99. The highest BCUT2D eigenvalue weighted by Gasteiger charge is 2.21. The molecule has 3 rings (SSSR count). The smallest absolute Gasteiger partial charge is 0.337 e. The fourth-order valence-electron chi connectivity index (χ4n) is 2.87. The van der Waals surface area contributed by atoms with Crippen LogP contribution in [0, 0.1) is 0 Å². The fraction of sp³-hybridized carbons (Fsp3) is 0.136. The van der Waals surface area contributed by atoms with E-state index in [1.165, 1.54) is 7.11 Å². The molecule has 5 nitrogen and oxygen atoms in total. The summed E-state index contributed by atoms with van der Waals surface area (Å²) in [6, 6.07) is 20.2. The molecule has 0 spiro atoms. The Hall–Kier alpha value is -3.47. The van der Waals surface area contributed by atoms with Crippen molar-refractivity contribution in [3.63, 3.8) is 0 Å². The summed E-state index contributed by atoms with van der Waals surface area (Å²) in [6.45, 7) is 0. The topological polar surface area (TPSA) is 68.3 Å². The Morgan fingerprint density at radius 3 is 2.44 bits per heavy atom. The molecule has 1 unspecified atom stereocenters. The zero-order valence-electron chi connectivity index (χ0n) is 15.0. The van der Waals surface area contributed by atoms with Crippen LogP contribution in [0.2, 0.25) is 0 Å². The quantitative estimate of drug-likeness (QED) is 0.678. The molecular formula is C22H20N2O3. The molecule has 1 amide bonds. The van der Waals surface area contributed by atoms with Crippen molar-refractivity contribution in [3.8, 4) is 0 Å². The number of anilines is 1. The molecule has 3 aromatic rings. The van der Waals surface area contributed by atoms with Gasteiger partial charge in [0.1, 0.15) is 0 Å². The van der Waals surface area contributed by atoms with Crippen molar-refractivity contribution < 1.29 is 14.3 Å². The first kappa shape index (κ1) is 18.3. The molecule has 5 heteroatoms. The number of ether oxygens (including phenoxy) is 1. The molecule has 27 heavy (non-hydrogen) atoms. The molecule has 2 aromatic carbocycles. The lowest BCUT2D eigenvalue weighted by molar-refractivity contribution is -0.117. The monoisotopic (exact) mass is 360 g/mol. The zero-order chi connectivity index (χ0) is 19.1. The van der Waals surface area contributed by atoms with Crippen molar-refractivity contribution in [3.05, 3.63) is 95.8 Å².